The van der Waals surface area contributed by atoms with Crippen LogP contribution in [0.25, 0.3) is 21.9 Å². The van der Waals surface area contributed by atoms with Crippen LogP contribution < -0.4 is 10.5 Å². The highest BCUT2D eigenvalue weighted by molar-refractivity contribution is 6.04. The number of hydrogen-bond donors (Lipinski definition) is 1. The number of aromatic nitrogens is 3. The van der Waals surface area contributed by atoms with Gasteiger partial charge in [-0.25, -0.2) is 13.8 Å². The summed E-state index contributed by atoms with van der Waals surface area (Å²) in [6.07, 6.45) is 1.58. The molecule has 7 nitrogen and oxygen atoms in total. The second-order valence-corrected chi connectivity index (χ2v) is 7.88. The van der Waals surface area contributed by atoms with E-state index in [2.05, 4.69) is 14.9 Å². The number of benzene rings is 2. The Bertz CT molecular complexity index is 1350. The van der Waals surface area contributed by atoms with Crippen molar-refractivity contribution in [3.05, 3.63) is 70.8 Å². The van der Waals surface area contributed by atoms with Crippen molar-refractivity contribution in [1.82, 2.24) is 19.4 Å². The summed E-state index contributed by atoms with van der Waals surface area (Å²) in [5.41, 5.74) is 2.00. The van der Waals surface area contributed by atoms with E-state index in [1.165, 1.54) is 35.2 Å². The predicted molar refractivity (Wildman–Crippen MR) is 118 cm³/mol. The number of nitrogens with one attached hydrogen (secondary N) is 1. The van der Waals surface area contributed by atoms with Crippen LogP contribution in [0.4, 0.5) is 14.5 Å². The molecule has 32 heavy (non-hydrogen) atoms. The van der Waals surface area contributed by atoms with Gasteiger partial charge in [0.15, 0.2) is 0 Å². The molecule has 0 unspecified atom stereocenters. The molecule has 1 amide bonds. The van der Waals surface area contributed by atoms with Crippen molar-refractivity contribution in [3.8, 4) is 0 Å². The Morgan fingerprint density at radius 3 is 2.47 bits per heavy atom. The number of H-pyrrole nitrogens is 1. The van der Waals surface area contributed by atoms with Crippen LogP contribution >= 0.6 is 0 Å². The van der Waals surface area contributed by atoms with Gasteiger partial charge in [-0.15, -0.1) is 0 Å². The van der Waals surface area contributed by atoms with Gasteiger partial charge in [0, 0.05) is 55.7 Å². The first-order valence-electron chi connectivity index (χ1n) is 10.4. The van der Waals surface area contributed by atoms with E-state index in [1.54, 1.807) is 23.1 Å². The third-order valence-corrected chi connectivity index (χ3v) is 5.92. The molecule has 1 N–H and O–H groups in total. The molecule has 2 aromatic heterocycles. The molecule has 0 bridgehead atoms. The number of aromatic amines is 1. The second-order valence-electron chi connectivity index (χ2n) is 7.88. The summed E-state index contributed by atoms with van der Waals surface area (Å²) >= 11 is 0. The van der Waals surface area contributed by atoms with E-state index in [9.17, 15) is 18.4 Å². The molecule has 1 saturated heterocycles. The number of amides is 1. The molecule has 3 heterocycles. The van der Waals surface area contributed by atoms with Crippen LogP contribution in [0.3, 0.4) is 0 Å². The highest BCUT2D eigenvalue weighted by Crippen LogP contribution is 2.22. The maximum absolute atomic E-state index is 13.6. The van der Waals surface area contributed by atoms with Gasteiger partial charge in [-0.05, 0) is 42.5 Å². The smallest absolute Gasteiger partial charge is 0.277 e. The second kappa shape index (κ2) is 8.07. The Labute approximate surface area is 181 Å². The molecule has 0 aliphatic carbocycles. The van der Waals surface area contributed by atoms with Crippen molar-refractivity contribution >= 4 is 33.5 Å². The van der Waals surface area contributed by atoms with Crippen LogP contribution in [0.1, 0.15) is 6.42 Å². The summed E-state index contributed by atoms with van der Waals surface area (Å²) in [5, 5.41) is 0.555. The predicted octanol–water partition coefficient (Wildman–Crippen LogP) is 2.89. The maximum Gasteiger partial charge on any atom is 0.277 e. The number of hydrogen-bond acceptors (Lipinski definition) is 4. The van der Waals surface area contributed by atoms with Crippen molar-refractivity contribution in [2.75, 3.05) is 31.1 Å². The Balaban J connectivity index is 1.24. The number of carbonyl (C=O) groups is 1. The van der Waals surface area contributed by atoms with Gasteiger partial charge in [-0.3, -0.25) is 14.2 Å². The lowest BCUT2D eigenvalue weighted by molar-refractivity contribution is -0.131. The molecule has 4 aromatic rings. The normalized spacial score (nSPS) is 14.4. The van der Waals surface area contributed by atoms with Crippen molar-refractivity contribution in [2.24, 2.45) is 0 Å². The third kappa shape index (κ3) is 3.70. The average Bonchev–Trinajstić information content (AvgIpc) is 3.18. The maximum atomic E-state index is 13.6. The number of carbonyl (C=O) groups excluding carboxylic acids is 1. The van der Waals surface area contributed by atoms with Crippen molar-refractivity contribution < 1.29 is 13.6 Å². The summed E-state index contributed by atoms with van der Waals surface area (Å²) in [4.78, 5) is 36.7. The molecule has 5 rings (SSSR count). The number of rotatable bonds is 4. The molecule has 164 valence electrons. The average molecular weight is 437 g/mol. The first-order chi connectivity index (χ1) is 15.5. The number of halogens is 2. The van der Waals surface area contributed by atoms with Crippen LogP contribution in [-0.4, -0.2) is 51.5 Å². The van der Waals surface area contributed by atoms with Crippen LogP contribution in [0.5, 0.6) is 0 Å². The molecular formula is C23H21F2N5O2. The van der Waals surface area contributed by atoms with Crippen LogP contribution in [0.15, 0.2) is 53.6 Å². The van der Waals surface area contributed by atoms with Crippen LogP contribution in [-0.2, 0) is 11.3 Å². The molecule has 1 aliphatic heterocycles. The van der Waals surface area contributed by atoms with Crippen molar-refractivity contribution in [2.45, 2.75) is 13.0 Å². The number of fused-ring (bicyclic) bond motifs is 3. The molecule has 9 heteroatoms. The Morgan fingerprint density at radius 1 is 1.00 bits per heavy atom. The lowest BCUT2D eigenvalue weighted by Gasteiger charge is -2.36. The highest BCUT2D eigenvalue weighted by Gasteiger charge is 2.21. The first-order valence-corrected chi connectivity index (χ1v) is 10.4. The van der Waals surface area contributed by atoms with E-state index in [0.717, 1.165) is 5.69 Å². The standard InChI is InChI=1S/C23H21F2N5O2/c24-15-1-4-17(5-2-15)28-9-11-29(12-10-28)20(31)7-8-30-14-26-21-18-13-16(25)3-6-19(18)27-22(21)23(30)32/h1-6,13-14,27H,7-12H2. The molecule has 2 aromatic carbocycles. The van der Waals surface area contributed by atoms with Crippen molar-refractivity contribution in [3.63, 3.8) is 0 Å². The Kier molecular flexibility index (Phi) is 5.08. The minimum atomic E-state index is -0.394. The van der Waals surface area contributed by atoms with Gasteiger partial charge in [0.25, 0.3) is 5.56 Å². The topological polar surface area (TPSA) is 74.2 Å². The zero-order valence-electron chi connectivity index (χ0n) is 17.2. The summed E-state index contributed by atoms with van der Waals surface area (Å²) in [6, 6.07) is 10.6. The summed E-state index contributed by atoms with van der Waals surface area (Å²) in [7, 11) is 0. The van der Waals surface area contributed by atoms with E-state index >= 15 is 0 Å². The number of anilines is 1. The van der Waals surface area contributed by atoms with Crippen LogP contribution in [0, 0.1) is 11.6 Å². The fraction of sp³-hybridized carbons (Fsp3) is 0.261. The van der Waals surface area contributed by atoms with Gasteiger partial charge < -0.3 is 14.8 Å². The fourth-order valence-electron chi connectivity index (χ4n) is 4.16. The Morgan fingerprint density at radius 2 is 1.72 bits per heavy atom. The van der Waals surface area contributed by atoms with E-state index in [-0.39, 0.29) is 30.2 Å². The molecule has 0 radical (unpaired) electrons. The fourth-order valence-corrected chi connectivity index (χ4v) is 4.16. The van der Waals surface area contributed by atoms with Crippen LogP contribution in [0.2, 0.25) is 0 Å². The summed E-state index contributed by atoms with van der Waals surface area (Å²) in [5.74, 6) is -0.700. The van der Waals surface area contributed by atoms with Gasteiger partial charge in [0.1, 0.15) is 22.7 Å². The lowest BCUT2D eigenvalue weighted by atomic mass is 10.2. The quantitative estimate of drug-likeness (QED) is 0.533. The number of piperazine rings is 1. The summed E-state index contributed by atoms with van der Waals surface area (Å²) < 4.78 is 28.1. The largest absolute Gasteiger partial charge is 0.368 e. The van der Waals surface area contributed by atoms with E-state index in [0.29, 0.717) is 48.1 Å². The van der Waals surface area contributed by atoms with E-state index < -0.39 is 5.82 Å². The van der Waals surface area contributed by atoms with Gasteiger partial charge in [0.05, 0.1) is 6.33 Å². The highest BCUT2D eigenvalue weighted by atomic mass is 19.1. The van der Waals surface area contributed by atoms with Gasteiger partial charge in [0.2, 0.25) is 5.91 Å². The first kappa shape index (κ1) is 20.2. The number of nitrogens with zero attached hydrogens (tertiary/aromatic N) is 4. The molecule has 0 spiro atoms. The van der Waals surface area contributed by atoms with Gasteiger partial charge in [-0.1, -0.05) is 0 Å². The molecule has 0 atom stereocenters. The lowest BCUT2D eigenvalue weighted by Crippen LogP contribution is -2.49. The Hall–Kier alpha value is -3.75. The number of aryl methyl sites for hydroxylation is 1. The van der Waals surface area contributed by atoms with E-state index in [4.69, 9.17) is 0 Å². The molecule has 0 saturated carbocycles. The monoisotopic (exact) mass is 437 g/mol. The van der Waals surface area contributed by atoms with Crippen molar-refractivity contribution in [1.29, 1.82) is 0 Å². The molecule has 1 fully saturated rings. The minimum absolute atomic E-state index is 0.0329. The minimum Gasteiger partial charge on any atom is -0.368 e. The molecular weight excluding hydrogens is 416 g/mol. The van der Waals surface area contributed by atoms with Gasteiger partial charge in [-0.2, -0.15) is 0 Å². The SMILES string of the molecule is O=C(CCn1cnc2c([nH]c3ccc(F)cc32)c1=O)N1CCN(c2ccc(F)cc2)CC1. The third-order valence-electron chi connectivity index (χ3n) is 5.92. The van der Waals surface area contributed by atoms with E-state index in [1.807, 2.05) is 0 Å². The summed E-state index contributed by atoms with van der Waals surface area (Å²) in [6.45, 7) is 2.67. The molecule has 1 aliphatic rings. The van der Waals surface area contributed by atoms with Gasteiger partial charge >= 0.3 is 0 Å². The zero-order valence-corrected chi connectivity index (χ0v) is 17.2. The zero-order chi connectivity index (χ0) is 22.2.